The molecule has 3 aromatic rings. The number of rotatable bonds is 5. The van der Waals surface area contributed by atoms with Crippen LogP contribution in [0.1, 0.15) is 34.3 Å². The summed E-state index contributed by atoms with van der Waals surface area (Å²) in [5.41, 5.74) is 8.13. The molecule has 0 bridgehead atoms. The van der Waals surface area contributed by atoms with Crippen LogP contribution in [0, 0.1) is 0 Å². The van der Waals surface area contributed by atoms with Gasteiger partial charge < -0.3 is 16.2 Å². The number of nitrogens with two attached hydrogens (primary N) is 1. The van der Waals surface area contributed by atoms with Gasteiger partial charge in [0.1, 0.15) is 6.04 Å². The summed E-state index contributed by atoms with van der Waals surface area (Å²) >= 11 is 0. The Morgan fingerprint density at radius 2 is 1.38 bits per heavy atom. The SMILES string of the molecule is NC(=O)[C@@H](NC(=O)[C@@H](O)c1ccc(C(F)(F)F)cc1)C1c2ccccc2-c2ccccc21. The number of primary amides is 1. The van der Waals surface area contributed by atoms with E-state index in [0.29, 0.717) is 0 Å². The molecular formula is C24H19F3N2O3. The first kappa shape index (κ1) is 21.6. The molecule has 0 aliphatic heterocycles. The summed E-state index contributed by atoms with van der Waals surface area (Å²) in [4.78, 5) is 25.1. The van der Waals surface area contributed by atoms with Gasteiger partial charge in [0.25, 0.3) is 5.91 Å². The molecule has 3 aromatic carbocycles. The number of hydrogen-bond donors (Lipinski definition) is 3. The quantitative estimate of drug-likeness (QED) is 0.567. The molecule has 2 amide bonds. The van der Waals surface area contributed by atoms with E-state index in [2.05, 4.69) is 5.32 Å². The van der Waals surface area contributed by atoms with Crippen molar-refractivity contribution in [2.75, 3.05) is 0 Å². The molecular weight excluding hydrogens is 421 g/mol. The number of benzene rings is 3. The van der Waals surface area contributed by atoms with E-state index < -0.39 is 41.6 Å². The molecule has 4 rings (SSSR count). The highest BCUT2D eigenvalue weighted by Crippen LogP contribution is 2.46. The van der Waals surface area contributed by atoms with E-state index in [9.17, 15) is 27.9 Å². The van der Waals surface area contributed by atoms with Gasteiger partial charge in [-0.2, -0.15) is 13.2 Å². The van der Waals surface area contributed by atoms with E-state index in [0.717, 1.165) is 46.5 Å². The van der Waals surface area contributed by atoms with Crippen LogP contribution in [0.3, 0.4) is 0 Å². The molecule has 32 heavy (non-hydrogen) atoms. The Labute approximate surface area is 181 Å². The molecule has 1 aliphatic carbocycles. The number of carbonyl (C=O) groups is 2. The molecule has 164 valence electrons. The lowest BCUT2D eigenvalue weighted by Gasteiger charge is -2.25. The van der Waals surface area contributed by atoms with Gasteiger partial charge in [-0.05, 0) is 39.9 Å². The minimum Gasteiger partial charge on any atom is -0.378 e. The minimum absolute atomic E-state index is 0.0362. The fourth-order valence-corrected chi connectivity index (χ4v) is 4.11. The Bertz CT molecular complexity index is 1130. The van der Waals surface area contributed by atoms with Crippen LogP contribution in [0.15, 0.2) is 72.8 Å². The predicted molar refractivity (Wildman–Crippen MR) is 111 cm³/mol. The van der Waals surface area contributed by atoms with Crippen LogP contribution in [0.5, 0.6) is 0 Å². The average molecular weight is 440 g/mol. The molecule has 1 aliphatic rings. The standard InChI is InChI=1S/C24H19F3N2O3/c25-24(26,27)14-11-9-13(10-12-14)21(30)23(32)29-20(22(28)31)19-17-7-3-1-5-15(17)16-6-2-4-8-18(16)19/h1-12,19-21,30H,(H2,28,31)(H,29,32)/t20-,21-/m0/s1. The van der Waals surface area contributed by atoms with Gasteiger partial charge in [0.05, 0.1) is 5.56 Å². The zero-order valence-corrected chi connectivity index (χ0v) is 16.6. The van der Waals surface area contributed by atoms with Gasteiger partial charge in [0.15, 0.2) is 6.10 Å². The molecule has 0 spiro atoms. The predicted octanol–water partition coefficient (Wildman–Crippen LogP) is 3.52. The van der Waals surface area contributed by atoms with E-state index in [1.807, 2.05) is 48.5 Å². The number of halogens is 3. The summed E-state index contributed by atoms with van der Waals surface area (Å²) in [5.74, 6) is -2.30. The smallest absolute Gasteiger partial charge is 0.378 e. The highest BCUT2D eigenvalue weighted by atomic mass is 19.4. The van der Waals surface area contributed by atoms with Crippen LogP contribution >= 0.6 is 0 Å². The largest absolute Gasteiger partial charge is 0.416 e. The fraction of sp³-hybridized carbons (Fsp3) is 0.167. The number of fused-ring (bicyclic) bond motifs is 3. The number of alkyl halides is 3. The van der Waals surface area contributed by atoms with Gasteiger partial charge in [-0.3, -0.25) is 9.59 Å². The van der Waals surface area contributed by atoms with Crippen molar-refractivity contribution >= 4 is 11.8 Å². The lowest BCUT2D eigenvalue weighted by molar-refractivity contribution is -0.137. The number of nitrogens with one attached hydrogen (secondary N) is 1. The number of amides is 2. The maximum Gasteiger partial charge on any atom is 0.416 e. The second-order valence-corrected chi connectivity index (χ2v) is 7.56. The van der Waals surface area contributed by atoms with Crippen molar-refractivity contribution in [2.45, 2.75) is 24.2 Å². The molecule has 5 nitrogen and oxygen atoms in total. The van der Waals surface area contributed by atoms with Gasteiger partial charge in [0.2, 0.25) is 5.91 Å². The number of aliphatic hydroxyl groups is 1. The second-order valence-electron chi connectivity index (χ2n) is 7.56. The number of aliphatic hydroxyl groups excluding tert-OH is 1. The maximum absolute atomic E-state index is 12.8. The first-order chi connectivity index (χ1) is 15.2. The Morgan fingerprint density at radius 3 is 1.84 bits per heavy atom. The molecule has 0 heterocycles. The average Bonchev–Trinajstić information content (AvgIpc) is 3.10. The molecule has 4 N–H and O–H groups in total. The van der Waals surface area contributed by atoms with Crippen LogP contribution in [0.2, 0.25) is 0 Å². The lowest BCUT2D eigenvalue weighted by Crippen LogP contribution is -2.49. The van der Waals surface area contributed by atoms with Crippen molar-refractivity contribution < 1.29 is 27.9 Å². The first-order valence-electron chi connectivity index (χ1n) is 9.81. The molecule has 2 atom stereocenters. The van der Waals surface area contributed by atoms with Crippen molar-refractivity contribution in [3.63, 3.8) is 0 Å². The third-order valence-corrected chi connectivity index (χ3v) is 5.62. The molecule has 0 aromatic heterocycles. The second kappa shape index (κ2) is 8.12. The van der Waals surface area contributed by atoms with E-state index in [-0.39, 0.29) is 5.56 Å². The molecule has 0 saturated carbocycles. The van der Waals surface area contributed by atoms with Crippen molar-refractivity contribution in [3.8, 4) is 11.1 Å². The Hall–Kier alpha value is -3.65. The summed E-state index contributed by atoms with van der Waals surface area (Å²) in [6, 6.07) is 17.3. The Balaban J connectivity index is 1.62. The van der Waals surface area contributed by atoms with Gasteiger partial charge in [0, 0.05) is 5.92 Å². The molecule has 0 fully saturated rings. The molecule has 0 unspecified atom stereocenters. The molecule has 0 radical (unpaired) electrons. The van der Waals surface area contributed by atoms with Gasteiger partial charge in [-0.25, -0.2) is 0 Å². The van der Waals surface area contributed by atoms with E-state index in [4.69, 9.17) is 5.73 Å². The Morgan fingerprint density at radius 1 is 0.875 bits per heavy atom. The van der Waals surface area contributed by atoms with E-state index in [1.165, 1.54) is 0 Å². The summed E-state index contributed by atoms with van der Waals surface area (Å²) in [5, 5.41) is 12.9. The van der Waals surface area contributed by atoms with Crippen LogP contribution < -0.4 is 11.1 Å². The van der Waals surface area contributed by atoms with Crippen molar-refractivity contribution in [3.05, 3.63) is 95.1 Å². The van der Waals surface area contributed by atoms with Crippen molar-refractivity contribution in [1.29, 1.82) is 0 Å². The summed E-state index contributed by atoms with van der Waals surface area (Å²) in [7, 11) is 0. The number of carbonyl (C=O) groups excluding carboxylic acids is 2. The first-order valence-corrected chi connectivity index (χ1v) is 9.81. The zero-order chi connectivity index (χ0) is 23.0. The highest BCUT2D eigenvalue weighted by molar-refractivity contribution is 5.92. The lowest BCUT2D eigenvalue weighted by atomic mass is 9.88. The van der Waals surface area contributed by atoms with E-state index >= 15 is 0 Å². The molecule has 0 saturated heterocycles. The minimum atomic E-state index is -4.54. The fourth-order valence-electron chi connectivity index (χ4n) is 4.11. The summed E-state index contributed by atoms with van der Waals surface area (Å²) < 4.78 is 38.3. The highest BCUT2D eigenvalue weighted by Gasteiger charge is 2.39. The van der Waals surface area contributed by atoms with Crippen molar-refractivity contribution in [1.82, 2.24) is 5.32 Å². The van der Waals surface area contributed by atoms with Crippen LogP contribution in [-0.4, -0.2) is 23.0 Å². The van der Waals surface area contributed by atoms with Crippen molar-refractivity contribution in [2.24, 2.45) is 5.73 Å². The zero-order valence-electron chi connectivity index (χ0n) is 16.6. The van der Waals surface area contributed by atoms with Crippen LogP contribution in [0.4, 0.5) is 13.2 Å². The summed E-state index contributed by atoms with van der Waals surface area (Å²) in [6.45, 7) is 0. The number of hydrogen-bond acceptors (Lipinski definition) is 3. The van der Waals surface area contributed by atoms with Gasteiger partial charge >= 0.3 is 6.18 Å². The van der Waals surface area contributed by atoms with Gasteiger partial charge in [-0.15, -0.1) is 0 Å². The Kier molecular flexibility index (Phi) is 5.48. The summed E-state index contributed by atoms with van der Waals surface area (Å²) in [6.07, 6.45) is -6.31. The maximum atomic E-state index is 12.8. The third-order valence-electron chi connectivity index (χ3n) is 5.62. The van der Waals surface area contributed by atoms with Gasteiger partial charge in [-0.1, -0.05) is 60.7 Å². The van der Waals surface area contributed by atoms with Crippen LogP contribution in [-0.2, 0) is 15.8 Å². The topological polar surface area (TPSA) is 92.4 Å². The van der Waals surface area contributed by atoms with E-state index in [1.54, 1.807) is 0 Å². The molecule has 8 heteroatoms. The van der Waals surface area contributed by atoms with Crippen LogP contribution in [0.25, 0.3) is 11.1 Å². The third kappa shape index (κ3) is 3.85. The normalized spacial score (nSPS) is 14.9. The monoisotopic (exact) mass is 440 g/mol.